The number of aliphatic hydroxyl groups is 4. The van der Waals surface area contributed by atoms with Crippen molar-refractivity contribution in [2.24, 2.45) is 17.8 Å². The van der Waals surface area contributed by atoms with Crippen LogP contribution in [0.1, 0.15) is 80.6 Å². The summed E-state index contributed by atoms with van der Waals surface area (Å²) in [6.45, 7) is 3.69. The molecule has 4 aliphatic carbocycles. The Morgan fingerprint density at radius 2 is 1.78 bits per heavy atom. The van der Waals surface area contributed by atoms with Gasteiger partial charge in [-0.3, -0.25) is 14.4 Å². The average Bonchev–Trinajstić information content (AvgIpc) is 2.87. The number of aromatic hydroxyl groups is 1. The predicted octanol–water partition coefficient (Wildman–Crippen LogP) is 2.02. The molecule has 1 aromatic carbocycles. The van der Waals surface area contributed by atoms with Gasteiger partial charge in [-0.05, 0) is 36.8 Å². The zero-order valence-electron chi connectivity index (χ0n) is 21.1. The van der Waals surface area contributed by atoms with Crippen LogP contribution < -0.4 is 5.32 Å². The van der Waals surface area contributed by atoms with E-state index in [9.17, 15) is 39.9 Å². The first kappa shape index (κ1) is 25.9. The minimum atomic E-state index is -2.66. The minimum Gasteiger partial charge on any atom is -0.511 e. The van der Waals surface area contributed by atoms with E-state index < -0.39 is 82.2 Å². The molecule has 9 nitrogen and oxygen atoms in total. The lowest BCUT2D eigenvalue weighted by Crippen LogP contribution is -2.71. The van der Waals surface area contributed by atoms with Gasteiger partial charge < -0.3 is 30.8 Å². The lowest BCUT2D eigenvalue weighted by Gasteiger charge is -2.56. The van der Waals surface area contributed by atoms with Crippen molar-refractivity contribution in [3.05, 3.63) is 40.7 Å². The first-order valence-corrected chi connectivity index (χ1v) is 13.2. The van der Waals surface area contributed by atoms with Crippen LogP contribution in [-0.4, -0.2) is 66.4 Å². The van der Waals surface area contributed by atoms with Crippen molar-refractivity contribution in [3.63, 3.8) is 0 Å². The van der Waals surface area contributed by atoms with E-state index in [4.69, 9.17) is 0 Å². The van der Waals surface area contributed by atoms with Gasteiger partial charge in [-0.25, -0.2) is 0 Å². The number of fused-ring (bicyclic) bond motifs is 3. The third kappa shape index (κ3) is 3.58. The Labute approximate surface area is 215 Å². The van der Waals surface area contributed by atoms with Crippen LogP contribution in [0.3, 0.4) is 0 Å². The van der Waals surface area contributed by atoms with Crippen LogP contribution in [0.2, 0.25) is 0 Å². The molecule has 0 spiro atoms. The van der Waals surface area contributed by atoms with Gasteiger partial charge in [0, 0.05) is 23.8 Å². The first-order valence-electron chi connectivity index (χ1n) is 13.2. The van der Waals surface area contributed by atoms with Crippen molar-refractivity contribution < 1.29 is 39.9 Å². The fourth-order valence-corrected chi connectivity index (χ4v) is 7.50. The monoisotopic (exact) mass is 513 g/mol. The van der Waals surface area contributed by atoms with Crippen LogP contribution in [0.4, 0.5) is 0 Å². The lowest BCUT2D eigenvalue weighted by atomic mass is 9.51. The number of hydrogen-bond acceptors (Lipinski definition) is 8. The van der Waals surface area contributed by atoms with Gasteiger partial charge >= 0.3 is 0 Å². The molecule has 2 fully saturated rings. The number of benzene rings is 1. The molecule has 5 rings (SSSR count). The number of nitrogens with one attached hydrogen (secondary N) is 1. The molecule has 1 amide bonds. The van der Waals surface area contributed by atoms with Crippen molar-refractivity contribution in [3.8, 4) is 5.75 Å². The molecular weight excluding hydrogens is 478 g/mol. The number of ketones is 2. The Hall–Kier alpha value is -2.75. The summed E-state index contributed by atoms with van der Waals surface area (Å²) in [5.41, 5.74) is -3.34. The maximum Gasteiger partial charge on any atom is 0.258 e. The van der Waals surface area contributed by atoms with Crippen molar-refractivity contribution >= 4 is 17.5 Å². The van der Waals surface area contributed by atoms with E-state index in [0.29, 0.717) is 12.0 Å². The van der Waals surface area contributed by atoms with Gasteiger partial charge in [0.1, 0.15) is 23.2 Å². The first-order chi connectivity index (χ1) is 17.5. The largest absolute Gasteiger partial charge is 0.511 e. The molecule has 0 radical (unpaired) electrons. The second kappa shape index (κ2) is 8.92. The maximum absolute atomic E-state index is 13.7. The second-order valence-corrected chi connectivity index (χ2v) is 11.4. The Morgan fingerprint density at radius 3 is 2.43 bits per heavy atom. The number of Topliss-reactive ketones (excluding diaryl/α,β-unsaturated/α-hetero) is 2. The number of aliphatic hydroxyl groups excluding tert-OH is 3. The van der Waals surface area contributed by atoms with Crippen molar-refractivity contribution in [2.45, 2.75) is 88.1 Å². The molecule has 37 heavy (non-hydrogen) atoms. The topological polar surface area (TPSA) is 164 Å². The maximum atomic E-state index is 13.7. The van der Waals surface area contributed by atoms with Gasteiger partial charge in [0.05, 0.1) is 17.6 Å². The highest BCUT2D eigenvalue weighted by atomic mass is 16.4. The van der Waals surface area contributed by atoms with Gasteiger partial charge in [-0.1, -0.05) is 45.2 Å². The summed E-state index contributed by atoms with van der Waals surface area (Å²) in [4.78, 5) is 40.6. The molecule has 0 saturated heterocycles. The SMILES string of the molecule is CCC1(NC(=O)C2=C(O)C[C@@H]3[C@@H](O)[C@H]4C(C(=O)c5c(O)cccc5[C@@H]4C)C(O)[C@]3(O)C2=O)CCCCC1. The average molecular weight is 514 g/mol. The number of phenolic OH excluding ortho intramolecular Hbond substituents is 1. The smallest absolute Gasteiger partial charge is 0.258 e. The molecule has 0 heterocycles. The summed E-state index contributed by atoms with van der Waals surface area (Å²) in [5.74, 6) is -7.62. The minimum absolute atomic E-state index is 0.00801. The molecule has 0 bridgehead atoms. The normalized spacial score (nSPS) is 36.9. The molecule has 0 aliphatic heterocycles. The molecule has 6 N–H and O–H groups in total. The van der Waals surface area contributed by atoms with Gasteiger partial charge in [-0.2, -0.15) is 0 Å². The summed E-state index contributed by atoms with van der Waals surface area (Å²) < 4.78 is 0. The fourth-order valence-electron chi connectivity index (χ4n) is 7.50. The lowest BCUT2D eigenvalue weighted by molar-refractivity contribution is -0.210. The van der Waals surface area contributed by atoms with E-state index in [1.807, 2.05) is 6.92 Å². The number of allylic oxidation sites excluding steroid dienone is 1. The Bertz CT molecular complexity index is 1180. The van der Waals surface area contributed by atoms with Crippen LogP contribution >= 0.6 is 0 Å². The highest BCUT2D eigenvalue weighted by molar-refractivity contribution is 6.24. The van der Waals surface area contributed by atoms with Gasteiger partial charge in [0.25, 0.3) is 5.91 Å². The van der Waals surface area contributed by atoms with E-state index in [2.05, 4.69) is 5.32 Å². The summed E-state index contributed by atoms with van der Waals surface area (Å²) in [7, 11) is 0. The molecule has 7 atom stereocenters. The number of hydrogen-bond donors (Lipinski definition) is 6. The van der Waals surface area contributed by atoms with E-state index in [1.165, 1.54) is 6.07 Å². The van der Waals surface area contributed by atoms with E-state index in [1.54, 1.807) is 19.1 Å². The van der Waals surface area contributed by atoms with Gasteiger partial charge in [-0.15, -0.1) is 0 Å². The summed E-state index contributed by atoms with van der Waals surface area (Å²) in [6, 6.07) is 4.59. The molecule has 0 aromatic heterocycles. The van der Waals surface area contributed by atoms with Crippen molar-refractivity contribution in [1.29, 1.82) is 0 Å². The predicted molar refractivity (Wildman–Crippen MR) is 132 cm³/mol. The molecule has 9 heteroatoms. The second-order valence-electron chi connectivity index (χ2n) is 11.4. The van der Waals surface area contributed by atoms with E-state index in [0.717, 1.165) is 32.1 Å². The summed E-state index contributed by atoms with van der Waals surface area (Å²) in [6.07, 6.45) is 1.17. The van der Waals surface area contributed by atoms with Gasteiger partial charge in [0.2, 0.25) is 5.78 Å². The Balaban J connectivity index is 1.54. The third-order valence-electron chi connectivity index (χ3n) is 9.66. The number of rotatable bonds is 3. The van der Waals surface area contributed by atoms with Crippen LogP contribution in [0.5, 0.6) is 5.75 Å². The third-order valence-corrected chi connectivity index (χ3v) is 9.66. The molecule has 2 saturated carbocycles. The molecular formula is C28H35NO8. The van der Waals surface area contributed by atoms with E-state index in [-0.39, 0.29) is 11.3 Å². The zero-order valence-corrected chi connectivity index (χ0v) is 21.1. The van der Waals surface area contributed by atoms with Crippen LogP contribution in [0, 0.1) is 17.8 Å². The highest BCUT2D eigenvalue weighted by Gasteiger charge is 2.68. The number of phenols is 1. The Morgan fingerprint density at radius 1 is 1.11 bits per heavy atom. The summed E-state index contributed by atoms with van der Waals surface area (Å²) >= 11 is 0. The number of carbonyl (C=O) groups is 3. The number of carbonyl (C=O) groups excluding carboxylic acids is 3. The molecule has 2 unspecified atom stereocenters. The summed E-state index contributed by atoms with van der Waals surface area (Å²) in [5, 5.41) is 58.7. The van der Waals surface area contributed by atoms with Crippen molar-refractivity contribution in [2.75, 3.05) is 0 Å². The quantitative estimate of drug-likeness (QED) is 0.334. The molecule has 200 valence electrons. The zero-order chi connectivity index (χ0) is 26.9. The van der Waals surface area contributed by atoms with Crippen molar-refractivity contribution in [1.82, 2.24) is 5.32 Å². The van der Waals surface area contributed by atoms with Crippen LogP contribution in [0.25, 0.3) is 0 Å². The van der Waals surface area contributed by atoms with Gasteiger partial charge in [0.15, 0.2) is 11.4 Å². The Kier molecular flexibility index (Phi) is 6.24. The van der Waals surface area contributed by atoms with Crippen LogP contribution in [0.15, 0.2) is 29.5 Å². The van der Waals surface area contributed by atoms with E-state index >= 15 is 0 Å². The highest BCUT2D eigenvalue weighted by Crippen LogP contribution is 2.55. The number of amides is 1. The molecule has 1 aromatic rings. The standard InChI is InChI=1S/C28H35NO8/c1-3-27(10-5-4-6-11-27)29-26(36)20-17(31)12-15-22(32)18-13(2)14-8-7-9-16(30)19(14)23(33)21(18)25(35)28(15,37)24(20)34/h7-9,13,15,18,21-22,25,30-32,35,37H,3-6,10-12H2,1-2H3,(H,29,36)/t13-,15+,18+,21?,22+,25?,28+/m0/s1. The fraction of sp³-hybridized carbons (Fsp3) is 0.607. The molecule has 4 aliphatic rings. The van der Waals surface area contributed by atoms with Crippen LogP contribution in [-0.2, 0) is 9.59 Å².